The standard InChI is InChI=1S/C14H17N5O/c1-19(9-6-11-4-2-3-7-16-11)12-5-8-17-13(10-12)14(15)18-20/h2-5,7-8,10,20H,6,9H2,1H3,(H2,15,18). The van der Waals surface area contributed by atoms with E-state index in [0.29, 0.717) is 5.69 Å². The zero-order valence-electron chi connectivity index (χ0n) is 11.3. The third-order valence-corrected chi connectivity index (χ3v) is 2.98. The summed E-state index contributed by atoms with van der Waals surface area (Å²) < 4.78 is 0. The molecule has 0 amide bonds. The molecular formula is C14H17N5O. The summed E-state index contributed by atoms with van der Waals surface area (Å²) in [6, 6.07) is 9.55. The lowest BCUT2D eigenvalue weighted by molar-refractivity contribution is 0.318. The number of pyridine rings is 2. The third-order valence-electron chi connectivity index (χ3n) is 2.98. The average Bonchev–Trinajstić information content (AvgIpc) is 2.53. The summed E-state index contributed by atoms with van der Waals surface area (Å²) >= 11 is 0. The van der Waals surface area contributed by atoms with Crippen molar-refractivity contribution in [3.05, 3.63) is 54.1 Å². The number of likely N-dealkylation sites (N-methyl/N-ethyl adjacent to an activating group) is 1. The van der Waals surface area contributed by atoms with Crippen LogP contribution in [0.3, 0.4) is 0 Å². The van der Waals surface area contributed by atoms with Gasteiger partial charge in [-0.05, 0) is 24.3 Å². The highest BCUT2D eigenvalue weighted by Crippen LogP contribution is 2.13. The second kappa shape index (κ2) is 6.51. The summed E-state index contributed by atoms with van der Waals surface area (Å²) in [5.41, 5.74) is 7.99. The highest BCUT2D eigenvalue weighted by molar-refractivity contribution is 5.95. The molecule has 20 heavy (non-hydrogen) atoms. The van der Waals surface area contributed by atoms with Gasteiger partial charge in [0.25, 0.3) is 0 Å². The van der Waals surface area contributed by atoms with E-state index in [1.165, 1.54) is 0 Å². The van der Waals surface area contributed by atoms with Crippen LogP contribution in [0, 0.1) is 0 Å². The first-order valence-electron chi connectivity index (χ1n) is 6.25. The number of anilines is 1. The van der Waals surface area contributed by atoms with E-state index in [1.54, 1.807) is 18.5 Å². The summed E-state index contributed by atoms with van der Waals surface area (Å²) in [5, 5.41) is 11.6. The minimum Gasteiger partial charge on any atom is -0.409 e. The monoisotopic (exact) mass is 271 g/mol. The third kappa shape index (κ3) is 3.44. The lowest BCUT2D eigenvalue weighted by Crippen LogP contribution is -2.22. The normalized spacial score (nSPS) is 11.3. The Morgan fingerprint density at radius 3 is 2.85 bits per heavy atom. The van der Waals surface area contributed by atoms with Crippen molar-refractivity contribution >= 4 is 11.5 Å². The molecule has 0 aromatic carbocycles. The first-order chi connectivity index (χ1) is 9.70. The van der Waals surface area contributed by atoms with Crippen molar-refractivity contribution < 1.29 is 5.21 Å². The van der Waals surface area contributed by atoms with E-state index < -0.39 is 0 Å². The Kier molecular flexibility index (Phi) is 4.49. The van der Waals surface area contributed by atoms with Crippen molar-refractivity contribution in [2.24, 2.45) is 10.9 Å². The van der Waals surface area contributed by atoms with Gasteiger partial charge in [-0.1, -0.05) is 11.2 Å². The molecule has 0 aliphatic carbocycles. The van der Waals surface area contributed by atoms with Crippen molar-refractivity contribution in [1.82, 2.24) is 9.97 Å². The van der Waals surface area contributed by atoms with Gasteiger partial charge in [-0.15, -0.1) is 0 Å². The van der Waals surface area contributed by atoms with Gasteiger partial charge in [0.05, 0.1) is 0 Å². The summed E-state index contributed by atoms with van der Waals surface area (Å²) in [6.45, 7) is 0.816. The lowest BCUT2D eigenvalue weighted by atomic mass is 10.2. The van der Waals surface area contributed by atoms with Crippen LogP contribution in [0.5, 0.6) is 0 Å². The molecule has 0 aliphatic rings. The number of hydrogen-bond acceptors (Lipinski definition) is 5. The van der Waals surface area contributed by atoms with Crippen LogP contribution >= 0.6 is 0 Å². The van der Waals surface area contributed by atoms with Gasteiger partial charge in [0.2, 0.25) is 0 Å². The molecule has 104 valence electrons. The number of nitrogens with zero attached hydrogens (tertiary/aromatic N) is 4. The SMILES string of the molecule is CN(CCc1ccccn1)c1ccnc(C(N)=NO)c1. The second-order valence-electron chi connectivity index (χ2n) is 4.38. The quantitative estimate of drug-likeness (QED) is 0.370. The molecule has 0 radical (unpaired) electrons. The number of nitrogens with two attached hydrogens (primary N) is 1. The molecule has 2 heterocycles. The molecule has 0 spiro atoms. The summed E-state index contributed by atoms with van der Waals surface area (Å²) in [6.07, 6.45) is 4.27. The number of oxime groups is 1. The highest BCUT2D eigenvalue weighted by Gasteiger charge is 2.06. The lowest BCUT2D eigenvalue weighted by Gasteiger charge is -2.19. The van der Waals surface area contributed by atoms with Crippen molar-refractivity contribution in [3.8, 4) is 0 Å². The highest BCUT2D eigenvalue weighted by atomic mass is 16.4. The fourth-order valence-corrected chi connectivity index (χ4v) is 1.81. The zero-order valence-corrected chi connectivity index (χ0v) is 11.3. The molecular weight excluding hydrogens is 254 g/mol. The van der Waals surface area contributed by atoms with Gasteiger partial charge >= 0.3 is 0 Å². The second-order valence-corrected chi connectivity index (χ2v) is 4.38. The Balaban J connectivity index is 2.04. The molecule has 3 N–H and O–H groups in total. The molecule has 0 unspecified atom stereocenters. The predicted octanol–water partition coefficient (Wildman–Crippen LogP) is 1.25. The maximum Gasteiger partial charge on any atom is 0.188 e. The Morgan fingerprint density at radius 1 is 1.30 bits per heavy atom. The molecule has 0 fully saturated rings. The van der Waals surface area contributed by atoms with Crippen LogP contribution in [0.1, 0.15) is 11.4 Å². The van der Waals surface area contributed by atoms with E-state index in [1.807, 2.05) is 31.3 Å². The number of aromatic nitrogens is 2. The molecule has 6 nitrogen and oxygen atoms in total. The van der Waals surface area contributed by atoms with Crippen LogP contribution in [0.15, 0.2) is 47.9 Å². The fraction of sp³-hybridized carbons (Fsp3) is 0.214. The van der Waals surface area contributed by atoms with Crippen molar-refractivity contribution in [3.63, 3.8) is 0 Å². The van der Waals surface area contributed by atoms with Crippen molar-refractivity contribution in [2.75, 3.05) is 18.5 Å². The average molecular weight is 271 g/mol. The molecule has 0 atom stereocenters. The minimum absolute atomic E-state index is 0.00461. The Bertz CT molecular complexity index is 585. The summed E-state index contributed by atoms with van der Waals surface area (Å²) in [4.78, 5) is 10.4. The van der Waals surface area contributed by atoms with Crippen LogP contribution in [-0.4, -0.2) is 34.6 Å². The number of amidine groups is 1. The summed E-state index contributed by atoms with van der Waals surface area (Å²) in [7, 11) is 1.98. The van der Waals surface area contributed by atoms with Gasteiger partial charge < -0.3 is 15.8 Å². The Morgan fingerprint density at radius 2 is 2.15 bits per heavy atom. The van der Waals surface area contributed by atoms with Gasteiger partial charge in [-0.2, -0.15) is 0 Å². The van der Waals surface area contributed by atoms with Gasteiger partial charge in [0, 0.05) is 43.8 Å². The van der Waals surface area contributed by atoms with Gasteiger partial charge in [0.1, 0.15) is 5.69 Å². The molecule has 2 rings (SSSR count). The van der Waals surface area contributed by atoms with E-state index >= 15 is 0 Å². The van der Waals surface area contributed by atoms with E-state index in [-0.39, 0.29) is 5.84 Å². The molecule has 6 heteroatoms. The molecule has 2 aromatic heterocycles. The van der Waals surface area contributed by atoms with Gasteiger partial charge in [-0.3, -0.25) is 9.97 Å². The fourth-order valence-electron chi connectivity index (χ4n) is 1.81. The van der Waals surface area contributed by atoms with Crippen molar-refractivity contribution in [2.45, 2.75) is 6.42 Å². The topological polar surface area (TPSA) is 87.6 Å². The van der Waals surface area contributed by atoms with Crippen LogP contribution in [-0.2, 0) is 6.42 Å². The number of hydrogen-bond donors (Lipinski definition) is 2. The smallest absolute Gasteiger partial charge is 0.188 e. The predicted molar refractivity (Wildman–Crippen MR) is 78.0 cm³/mol. The maximum absolute atomic E-state index is 8.67. The maximum atomic E-state index is 8.67. The minimum atomic E-state index is 0.00461. The van der Waals surface area contributed by atoms with E-state index in [9.17, 15) is 0 Å². The van der Waals surface area contributed by atoms with Crippen LogP contribution in [0.4, 0.5) is 5.69 Å². The Hall–Kier alpha value is -2.63. The number of rotatable bonds is 5. The molecule has 2 aromatic rings. The zero-order chi connectivity index (χ0) is 14.4. The van der Waals surface area contributed by atoms with Crippen LogP contribution in [0.2, 0.25) is 0 Å². The summed E-state index contributed by atoms with van der Waals surface area (Å²) in [5.74, 6) is 0.00461. The largest absolute Gasteiger partial charge is 0.409 e. The first kappa shape index (κ1) is 13.8. The van der Waals surface area contributed by atoms with Crippen LogP contribution < -0.4 is 10.6 Å². The molecule has 0 bridgehead atoms. The van der Waals surface area contributed by atoms with Gasteiger partial charge in [0.15, 0.2) is 5.84 Å². The van der Waals surface area contributed by atoms with E-state index in [0.717, 1.165) is 24.3 Å². The van der Waals surface area contributed by atoms with E-state index in [4.69, 9.17) is 10.9 Å². The van der Waals surface area contributed by atoms with E-state index in [2.05, 4.69) is 20.0 Å². The van der Waals surface area contributed by atoms with Crippen LogP contribution in [0.25, 0.3) is 0 Å². The first-order valence-corrected chi connectivity index (χ1v) is 6.25. The van der Waals surface area contributed by atoms with Gasteiger partial charge in [-0.25, -0.2) is 0 Å². The Labute approximate surface area is 117 Å². The molecule has 0 aliphatic heterocycles. The molecule has 0 saturated carbocycles. The van der Waals surface area contributed by atoms with Crippen molar-refractivity contribution in [1.29, 1.82) is 0 Å². The molecule has 0 saturated heterocycles.